The second kappa shape index (κ2) is 5.94. The van der Waals surface area contributed by atoms with Crippen LogP contribution in [0.15, 0.2) is 12.1 Å². The van der Waals surface area contributed by atoms with Crippen LogP contribution in [0.4, 0.5) is 11.4 Å². The minimum Gasteiger partial charge on any atom is -0.398 e. The van der Waals surface area contributed by atoms with Gasteiger partial charge in [-0.05, 0) is 30.0 Å². The Morgan fingerprint density at radius 1 is 1.37 bits per heavy atom. The van der Waals surface area contributed by atoms with Crippen molar-refractivity contribution in [3.8, 4) is 6.07 Å². The average Bonchev–Trinajstić information content (AvgIpc) is 2.41. The topological polar surface area (TPSA) is 65.1 Å². The fourth-order valence-corrected chi connectivity index (χ4v) is 2.52. The molecule has 1 aliphatic rings. The minimum absolute atomic E-state index is 0.561. The molecule has 1 aromatic rings. The van der Waals surface area contributed by atoms with Gasteiger partial charge in [0.25, 0.3) is 0 Å². The summed E-state index contributed by atoms with van der Waals surface area (Å²) in [6.45, 7) is 8.19. The highest BCUT2D eigenvalue weighted by molar-refractivity contribution is 5.68. The number of benzene rings is 1. The SMILES string of the molecule is CC(C)Cc1cc(N2CCNCC2)c(C#N)cc1N. The highest BCUT2D eigenvalue weighted by Crippen LogP contribution is 2.28. The molecule has 3 N–H and O–H groups in total. The van der Waals surface area contributed by atoms with Crippen LogP contribution in [0.5, 0.6) is 0 Å². The Bertz CT molecular complexity index is 482. The number of nitrogens with zero attached hydrogens (tertiary/aromatic N) is 2. The van der Waals surface area contributed by atoms with E-state index < -0.39 is 0 Å². The van der Waals surface area contributed by atoms with E-state index in [2.05, 4.69) is 36.2 Å². The zero-order valence-corrected chi connectivity index (χ0v) is 11.7. The Morgan fingerprint density at radius 3 is 2.63 bits per heavy atom. The van der Waals surface area contributed by atoms with E-state index in [1.54, 1.807) is 0 Å². The van der Waals surface area contributed by atoms with Crippen molar-refractivity contribution in [1.29, 1.82) is 5.26 Å². The molecule has 4 nitrogen and oxygen atoms in total. The third kappa shape index (κ3) is 3.18. The first-order chi connectivity index (χ1) is 9.11. The lowest BCUT2D eigenvalue weighted by molar-refractivity contribution is 0.588. The maximum absolute atomic E-state index is 9.30. The van der Waals surface area contributed by atoms with Crippen molar-refractivity contribution < 1.29 is 0 Å². The normalized spacial score (nSPS) is 15.6. The van der Waals surface area contributed by atoms with Gasteiger partial charge in [0.2, 0.25) is 0 Å². The molecule has 0 unspecified atom stereocenters. The summed E-state index contributed by atoms with van der Waals surface area (Å²) in [5.41, 5.74) is 9.68. The van der Waals surface area contributed by atoms with E-state index in [4.69, 9.17) is 5.73 Å². The molecule has 0 aliphatic carbocycles. The summed E-state index contributed by atoms with van der Waals surface area (Å²) >= 11 is 0. The standard InChI is InChI=1S/C15H22N4/c1-11(2)7-12-9-15(13(10-16)8-14(12)17)19-5-3-18-4-6-19/h8-9,11,18H,3-7,17H2,1-2H3. The molecule has 4 heteroatoms. The van der Waals surface area contributed by atoms with Crippen molar-refractivity contribution in [1.82, 2.24) is 5.32 Å². The smallest absolute Gasteiger partial charge is 0.101 e. The molecule has 0 bridgehead atoms. The van der Waals surface area contributed by atoms with Crippen LogP contribution in [-0.4, -0.2) is 26.2 Å². The Labute approximate surface area is 115 Å². The summed E-state index contributed by atoms with van der Waals surface area (Å²) in [7, 11) is 0. The van der Waals surface area contributed by atoms with Crippen molar-refractivity contribution >= 4 is 11.4 Å². The summed E-state index contributed by atoms with van der Waals surface area (Å²) in [6, 6.07) is 6.21. The maximum Gasteiger partial charge on any atom is 0.101 e. The molecule has 1 saturated heterocycles. The van der Waals surface area contributed by atoms with Gasteiger partial charge in [-0.3, -0.25) is 0 Å². The monoisotopic (exact) mass is 258 g/mol. The van der Waals surface area contributed by atoms with Gasteiger partial charge in [0.05, 0.1) is 11.3 Å². The molecule has 1 aromatic carbocycles. The van der Waals surface area contributed by atoms with Crippen LogP contribution in [0.3, 0.4) is 0 Å². The third-order valence-electron chi connectivity index (χ3n) is 3.46. The number of nitrogens with two attached hydrogens (primary N) is 1. The minimum atomic E-state index is 0.561. The zero-order chi connectivity index (χ0) is 13.8. The van der Waals surface area contributed by atoms with Gasteiger partial charge in [-0.2, -0.15) is 5.26 Å². The number of nitrogen functional groups attached to an aromatic ring is 1. The lowest BCUT2D eigenvalue weighted by atomic mass is 9.98. The second-order valence-electron chi connectivity index (χ2n) is 5.51. The maximum atomic E-state index is 9.30. The lowest BCUT2D eigenvalue weighted by Crippen LogP contribution is -2.43. The van der Waals surface area contributed by atoms with Crippen LogP contribution in [0.2, 0.25) is 0 Å². The van der Waals surface area contributed by atoms with E-state index in [9.17, 15) is 5.26 Å². The molecule has 0 amide bonds. The van der Waals surface area contributed by atoms with Gasteiger partial charge < -0.3 is 16.0 Å². The van der Waals surface area contributed by atoms with E-state index in [-0.39, 0.29) is 0 Å². The molecule has 19 heavy (non-hydrogen) atoms. The number of nitriles is 1. The van der Waals surface area contributed by atoms with E-state index in [0.717, 1.165) is 49.5 Å². The van der Waals surface area contributed by atoms with Crippen molar-refractivity contribution in [3.63, 3.8) is 0 Å². The number of hydrogen-bond donors (Lipinski definition) is 2. The summed E-state index contributed by atoms with van der Waals surface area (Å²) in [6.07, 6.45) is 0.955. The van der Waals surface area contributed by atoms with E-state index in [0.29, 0.717) is 11.5 Å². The number of nitrogens with one attached hydrogen (secondary N) is 1. The van der Waals surface area contributed by atoms with E-state index in [1.807, 2.05) is 6.07 Å². The van der Waals surface area contributed by atoms with Crippen LogP contribution < -0.4 is 16.0 Å². The van der Waals surface area contributed by atoms with Gasteiger partial charge in [-0.15, -0.1) is 0 Å². The Hall–Kier alpha value is -1.73. The van der Waals surface area contributed by atoms with Crippen LogP contribution in [-0.2, 0) is 6.42 Å². The second-order valence-corrected chi connectivity index (χ2v) is 5.51. The van der Waals surface area contributed by atoms with Crippen molar-refractivity contribution in [2.75, 3.05) is 36.8 Å². The number of piperazine rings is 1. The molecule has 0 saturated carbocycles. The molecule has 1 heterocycles. The molecule has 2 rings (SSSR count). The largest absolute Gasteiger partial charge is 0.398 e. The summed E-state index contributed by atoms with van der Waals surface area (Å²) in [5.74, 6) is 0.561. The highest BCUT2D eigenvalue weighted by Gasteiger charge is 2.16. The molecular weight excluding hydrogens is 236 g/mol. The Morgan fingerprint density at radius 2 is 2.05 bits per heavy atom. The highest BCUT2D eigenvalue weighted by atomic mass is 15.2. The van der Waals surface area contributed by atoms with Gasteiger partial charge >= 0.3 is 0 Å². The van der Waals surface area contributed by atoms with Gasteiger partial charge in [-0.1, -0.05) is 13.8 Å². The van der Waals surface area contributed by atoms with Crippen molar-refractivity contribution in [2.45, 2.75) is 20.3 Å². The zero-order valence-electron chi connectivity index (χ0n) is 11.7. The number of hydrogen-bond acceptors (Lipinski definition) is 4. The molecule has 0 aromatic heterocycles. The van der Waals surface area contributed by atoms with Gasteiger partial charge in [0.1, 0.15) is 6.07 Å². The first-order valence-electron chi connectivity index (χ1n) is 6.90. The van der Waals surface area contributed by atoms with Crippen LogP contribution in [0, 0.1) is 17.2 Å². The predicted octanol–water partition coefficient (Wildman–Crippen LogP) is 1.75. The Balaban J connectivity index is 2.36. The average molecular weight is 258 g/mol. The molecule has 102 valence electrons. The number of rotatable bonds is 3. The quantitative estimate of drug-likeness (QED) is 0.811. The molecular formula is C15H22N4. The number of anilines is 2. The first-order valence-corrected chi connectivity index (χ1v) is 6.90. The fourth-order valence-electron chi connectivity index (χ4n) is 2.52. The van der Waals surface area contributed by atoms with Crippen LogP contribution in [0.25, 0.3) is 0 Å². The van der Waals surface area contributed by atoms with Gasteiger partial charge in [-0.25, -0.2) is 0 Å². The summed E-state index contributed by atoms with van der Waals surface area (Å²) in [4.78, 5) is 2.28. The summed E-state index contributed by atoms with van der Waals surface area (Å²) < 4.78 is 0. The summed E-state index contributed by atoms with van der Waals surface area (Å²) in [5, 5.41) is 12.6. The molecule has 1 aliphatic heterocycles. The van der Waals surface area contributed by atoms with Crippen LogP contribution >= 0.6 is 0 Å². The van der Waals surface area contributed by atoms with Crippen molar-refractivity contribution in [2.24, 2.45) is 5.92 Å². The lowest BCUT2D eigenvalue weighted by Gasteiger charge is -2.30. The van der Waals surface area contributed by atoms with Crippen molar-refractivity contribution in [3.05, 3.63) is 23.3 Å². The Kier molecular flexibility index (Phi) is 4.28. The van der Waals surface area contributed by atoms with Gasteiger partial charge in [0.15, 0.2) is 0 Å². The first kappa shape index (κ1) is 13.7. The third-order valence-corrected chi connectivity index (χ3v) is 3.46. The van der Waals surface area contributed by atoms with E-state index in [1.165, 1.54) is 0 Å². The fraction of sp³-hybridized carbons (Fsp3) is 0.533. The van der Waals surface area contributed by atoms with Crippen LogP contribution in [0.1, 0.15) is 25.0 Å². The molecule has 0 atom stereocenters. The predicted molar refractivity (Wildman–Crippen MR) is 79.2 cm³/mol. The van der Waals surface area contributed by atoms with Gasteiger partial charge in [0, 0.05) is 31.9 Å². The van der Waals surface area contributed by atoms with E-state index >= 15 is 0 Å². The molecule has 0 radical (unpaired) electrons. The molecule has 1 fully saturated rings. The molecule has 0 spiro atoms.